The van der Waals surface area contributed by atoms with E-state index in [1.165, 1.54) is 34.0 Å². The fourth-order valence-electron chi connectivity index (χ4n) is 3.60. The van der Waals surface area contributed by atoms with Crippen LogP contribution in [0.3, 0.4) is 0 Å². The molecule has 0 radical (unpaired) electrons. The van der Waals surface area contributed by atoms with E-state index in [-0.39, 0.29) is 0 Å². The van der Waals surface area contributed by atoms with E-state index >= 15 is 0 Å². The van der Waals surface area contributed by atoms with Crippen molar-refractivity contribution in [2.75, 3.05) is 7.05 Å². The van der Waals surface area contributed by atoms with Gasteiger partial charge in [0, 0.05) is 15.0 Å². The van der Waals surface area contributed by atoms with E-state index in [0.29, 0.717) is 11.5 Å². The Hall–Kier alpha value is -0.870. The van der Waals surface area contributed by atoms with Crippen LogP contribution < -0.4 is 5.32 Å². The summed E-state index contributed by atoms with van der Waals surface area (Å²) < 4.78 is 1.30. The van der Waals surface area contributed by atoms with Gasteiger partial charge in [0.25, 0.3) is 0 Å². The lowest BCUT2D eigenvalue weighted by molar-refractivity contribution is 0.174. The summed E-state index contributed by atoms with van der Waals surface area (Å²) >= 11 is 2.37. The molecule has 1 saturated carbocycles. The number of rotatable bonds is 5. The number of hydrogen-bond acceptors (Lipinski definition) is 1. The molecule has 1 N–H and O–H groups in total. The van der Waals surface area contributed by atoms with Crippen molar-refractivity contribution in [2.45, 2.75) is 37.1 Å². The minimum Gasteiger partial charge on any atom is -0.316 e. The molecule has 1 aliphatic rings. The van der Waals surface area contributed by atoms with Crippen molar-refractivity contribution < 1.29 is 0 Å². The second-order valence-corrected chi connectivity index (χ2v) is 7.29. The molecular weight excluding hydrogens is 369 g/mol. The molecule has 0 spiro atoms. The molecule has 0 heterocycles. The SMILES string of the molecule is CNC(Cc1ccc(I)cc1)C1(c2ccccc2)CCC1. The molecule has 0 bridgehead atoms. The monoisotopic (exact) mass is 391 g/mol. The molecule has 0 aromatic heterocycles. The van der Waals surface area contributed by atoms with Gasteiger partial charge in [-0.25, -0.2) is 0 Å². The van der Waals surface area contributed by atoms with Gasteiger partial charge in [-0.05, 0) is 72.2 Å². The van der Waals surface area contributed by atoms with Gasteiger partial charge in [-0.1, -0.05) is 48.9 Å². The van der Waals surface area contributed by atoms with Gasteiger partial charge in [0.1, 0.15) is 0 Å². The van der Waals surface area contributed by atoms with Crippen LogP contribution in [0.2, 0.25) is 0 Å². The quantitative estimate of drug-likeness (QED) is 0.738. The van der Waals surface area contributed by atoms with E-state index in [2.05, 4.69) is 89.6 Å². The molecule has 1 unspecified atom stereocenters. The van der Waals surface area contributed by atoms with Crippen molar-refractivity contribution in [3.8, 4) is 0 Å². The van der Waals surface area contributed by atoms with E-state index in [0.717, 1.165) is 6.42 Å². The Morgan fingerprint density at radius 1 is 1.05 bits per heavy atom. The van der Waals surface area contributed by atoms with Gasteiger partial charge in [0.2, 0.25) is 0 Å². The van der Waals surface area contributed by atoms with Gasteiger partial charge in [-0.2, -0.15) is 0 Å². The topological polar surface area (TPSA) is 12.0 Å². The van der Waals surface area contributed by atoms with Gasteiger partial charge >= 0.3 is 0 Å². The molecule has 0 saturated heterocycles. The lowest BCUT2D eigenvalue weighted by Gasteiger charge is -2.48. The summed E-state index contributed by atoms with van der Waals surface area (Å²) in [6.07, 6.45) is 5.04. The Kier molecular flexibility index (Phi) is 4.65. The van der Waals surface area contributed by atoms with Crippen LogP contribution in [0.15, 0.2) is 54.6 Å². The second kappa shape index (κ2) is 6.49. The molecule has 1 fully saturated rings. The highest BCUT2D eigenvalue weighted by Gasteiger charge is 2.44. The summed E-state index contributed by atoms with van der Waals surface area (Å²) in [7, 11) is 2.11. The normalized spacial score (nSPS) is 18.0. The Morgan fingerprint density at radius 2 is 1.71 bits per heavy atom. The second-order valence-electron chi connectivity index (χ2n) is 6.05. The minimum absolute atomic E-state index is 0.318. The standard InChI is InChI=1S/C19H22IN/c1-21-18(14-15-8-10-17(20)11-9-15)19(12-5-13-19)16-6-3-2-4-7-16/h2-4,6-11,18,21H,5,12-14H2,1H3. The van der Waals surface area contributed by atoms with Crippen LogP contribution in [0.25, 0.3) is 0 Å². The first kappa shape index (κ1) is 15.0. The molecule has 2 aromatic rings. The number of hydrogen-bond donors (Lipinski definition) is 1. The Bertz CT molecular complexity index is 572. The predicted molar refractivity (Wildman–Crippen MR) is 97.7 cm³/mol. The minimum atomic E-state index is 0.318. The third-order valence-corrected chi connectivity index (χ3v) is 5.68. The maximum atomic E-state index is 3.60. The first-order valence-corrected chi connectivity index (χ1v) is 8.80. The predicted octanol–water partition coefficient (Wildman–Crippen LogP) is 4.54. The average Bonchev–Trinajstić information content (AvgIpc) is 2.48. The van der Waals surface area contributed by atoms with Crippen LogP contribution in [0.1, 0.15) is 30.4 Å². The average molecular weight is 391 g/mol. The molecule has 1 aliphatic carbocycles. The van der Waals surface area contributed by atoms with Gasteiger partial charge < -0.3 is 5.32 Å². The van der Waals surface area contributed by atoms with Crippen molar-refractivity contribution in [1.29, 1.82) is 0 Å². The van der Waals surface area contributed by atoms with E-state index in [1.54, 1.807) is 0 Å². The molecule has 3 rings (SSSR count). The molecule has 1 atom stereocenters. The lowest BCUT2D eigenvalue weighted by atomic mass is 9.59. The van der Waals surface area contributed by atoms with Gasteiger partial charge in [0.05, 0.1) is 0 Å². The molecule has 2 aromatic carbocycles. The van der Waals surface area contributed by atoms with Crippen molar-refractivity contribution in [3.05, 3.63) is 69.3 Å². The number of benzene rings is 2. The highest BCUT2D eigenvalue weighted by Crippen LogP contribution is 2.47. The number of nitrogens with one attached hydrogen (secondary N) is 1. The Morgan fingerprint density at radius 3 is 2.24 bits per heavy atom. The van der Waals surface area contributed by atoms with Gasteiger partial charge in [-0.3, -0.25) is 0 Å². The largest absolute Gasteiger partial charge is 0.316 e. The fourth-order valence-corrected chi connectivity index (χ4v) is 3.96. The third-order valence-electron chi connectivity index (χ3n) is 4.96. The first-order chi connectivity index (χ1) is 10.2. The molecule has 0 aliphatic heterocycles. The van der Waals surface area contributed by atoms with Gasteiger partial charge in [-0.15, -0.1) is 0 Å². The zero-order chi connectivity index (χ0) is 14.7. The van der Waals surface area contributed by atoms with Crippen molar-refractivity contribution >= 4 is 22.6 Å². The van der Waals surface area contributed by atoms with Crippen molar-refractivity contribution in [2.24, 2.45) is 0 Å². The van der Waals surface area contributed by atoms with E-state index < -0.39 is 0 Å². The zero-order valence-corrected chi connectivity index (χ0v) is 14.6. The maximum absolute atomic E-state index is 3.60. The molecule has 0 amide bonds. The number of halogens is 1. The van der Waals surface area contributed by atoms with E-state index in [4.69, 9.17) is 0 Å². The van der Waals surface area contributed by atoms with E-state index in [1.807, 2.05) is 0 Å². The van der Waals surface area contributed by atoms with Crippen LogP contribution in [0.5, 0.6) is 0 Å². The highest BCUT2D eigenvalue weighted by atomic mass is 127. The van der Waals surface area contributed by atoms with Crippen LogP contribution >= 0.6 is 22.6 Å². The smallest absolute Gasteiger partial charge is 0.0201 e. The van der Waals surface area contributed by atoms with E-state index in [9.17, 15) is 0 Å². The maximum Gasteiger partial charge on any atom is 0.0201 e. The van der Waals surface area contributed by atoms with Crippen molar-refractivity contribution in [1.82, 2.24) is 5.32 Å². The Balaban J connectivity index is 1.85. The number of likely N-dealkylation sites (N-methyl/N-ethyl adjacent to an activating group) is 1. The molecular formula is C19H22IN. The summed E-state index contributed by atoms with van der Waals surface area (Å²) in [5.74, 6) is 0. The molecule has 2 heteroatoms. The van der Waals surface area contributed by atoms with Crippen LogP contribution in [0.4, 0.5) is 0 Å². The molecule has 21 heavy (non-hydrogen) atoms. The van der Waals surface area contributed by atoms with Crippen LogP contribution in [-0.2, 0) is 11.8 Å². The van der Waals surface area contributed by atoms with Crippen LogP contribution in [-0.4, -0.2) is 13.1 Å². The summed E-state index contributed by atoms with van der Waals surface area (Å²) in [4.78, 5) is 0. The first-order valence-electron chi connectivity index (χ1n) is 7.72. The van der Waals surface area contributed by atoms with Crippen LogP contribution in [0, 0.1) is 3.57 Å². The fraction of sp³-hybridized carbons (Fsp3) is 0.368. The lowest BCUT2D eigenvalue weighted by Crippen LogP contribution is -2.52. The summed E-state index contributed by atoms with van der Waals surface area (Å²) in [5, 5.41) is 3.60. The zero-order valence-electron chi connectivity index (χ0n) is 12.5. The summed E-state index contributed by atoms with van der Waals surface area (Å²) in [6.45, 7) is 0. The summed E-state index contributed by atoms with van der Waals surface area (Å²) in [5.41, 5.74) is 3.25. The van der Waals surface area contributed by atoms with Gasteiger partial charge in [0.15, 0.2) is 0 Å². The molecule has 1 nitrogen and oxygen atoms in total. The summed E-state index contributed by atoms with van der Waals surface area (Å²) in [6, 6.07) is 20.5. The van der Waals surface area contributed by atoms with Crippen molar-refractivity contribution in [3.63, 3.8) is 0 Å². The Labute approximate surface area is 141 Å². The third kappa shape index (κ3) is 3.02. The highest BCUT2D eigenvalue weighted by molar-refractivity contribution is 14.1. The molecule has 110 valence electrons.